The average molecular weight is 428 g/mol. The molecule has 4 rings (SSSR count). The minimum atomic E-state index is -0.931. The van der Waals surface area contributed by atoms with Gasteiger partial charge in [-0.1, -0.05) is 29.5 Å². The van der Waals surface area contributed by atoms with Crippen molar-refractivity contribution >= 4 is 12.0 Å². The van der Waals surface area contributed by atoms with Crippen LogP contribution >= 0.6 is 0 Å². The van der Waals surface area contributed by atoms with Crippen molar-refractivity contribution in [2.24, 2.45) is 0 Å². The van der Waals surface area contributed by atoms with Crippen molar-refractivity contribution in [2.45, 2.75) is 50.4 Å². The molecule has 3 heterocycles. The maximum absolute atomic E-state index is 11.1. The molecule has 0 spiro atoms. The Balaban J connectivity index is 1.35. The summed E-state index contributed by atoms with van der Waals surface area (Å²) in [4.78, 5) is 13.5. The molecule has 2 fully saturated rings. The summed E-state index contributed by atoms with van der Waals surface area (Å²) in [6, 6.07) is 8.40. The van der Waals surface area contributed by atoms with Crippen molar-refractivity contribution in [3.05, 3.63) is 53.4 Å². The number of nitrogens with zero attached hydrogens (tertiary/aromatic N) is 4. The first-order valence-corrected chi connectivity index (χ1v) is 10.7. The molecule has 2 saturated heterocycles. The zero-order valence-electron chi connectivity index (χ0n) is 17.5. The van der Waals surface area contributed by atoms with E-state index in [0.29, 0.717) is 37.8 Å². The number of aromatic nitrogens is 3. The monoisotopic (exact) mass is 427 g/mol. The van der Waals surface area contributed by atoms with Crippen molar-refractivity contribution in [1.82, 2.24) is 25.4 Å². The Morgan fingerprint density at radius 2 is 2.06 bits per heavy atom. The number of amides is 1. The van der Waals surface area contributed by atoms with E-state index in [2.05, 4.69) is 27.3 Å². The van der Waals surface area contributed by atoms with E-state index < -0.39 is 11.5 Å². The Morgan fingerprint density at radius 3 is 2.81 bits per heavy atom. The molecule has 9 nitrogen and oxygen atoms in total. The zero-order valence-corrected chi connectivity index (χ0v) is 17.5. The topological polar surface area (TPSA) is 113 Å². The van der Waals surface area contributed by atoms with Gasteiger partial charge < -0.3 is 9.84 Å². The molecule has 2 aliphatic heterocycles. The minimum Gasteiger partial charge on any atom is -0.383 e. The molecule has 2 aliphatic rings. The van der Waals surface area contributed by atoms with E-state index in [4.69, 9.17) is 9.94 Å². The van der Waals surface area contributed by atoms with Gasteiger partial charge in [0, 0.05) is 44.7 Å². The number of hydroxylamine groups is 1. The smallest absolute Gasteiger partial charge is 0.267 e. The van der Waals surface area contributed by atoms with Crippen LogP contribution < -0.4 is 5.48 Å². The van der Waals surface area contributed by atoms with Crippen molar-refractivity contribution in [3.8, 4) is 0 Å². The van der Waals surface area contributed by atoms with Crippen molar-refractivity contribution < 1.29 is 19.8 Å². The molecule has 31 heavy (non-hydrogen) atoms. The third kappa shape index (κ3) is 5.37. The van der Waals surface area contributed by atoms with Gasteiger partial charge in [0.1, 0.15) is 11.3 Å². The van der Waals surface area contributed by atoms with E-state index in [9.17, 15) is 9.90 Å². The number of aliphatic hydroxyl groups is 1. The van der Waals surface area contributed by atoms with E-state index in [1.54, 1.807) is 11.6 Å². The molecule has 0 radical (unpaired) electrons. The van der Waals surface area contributed by atoms with Gasteiger partial charge in [-0.2, -0.15) is 0 Å². The second kappa shape index (κ2) is 9.69. The standard InChI is InChI=1S/C22H29N5O4/c28-21(24-30)8-7-17-3-5-18(6-4-17)14-26-11-1-2-19(26)15-27-16-20(23-25-27)22(29)9-12-31-13-10-22/h3-8,16,19,29-30H,1-2,9-15H2,(H,24,28)/b8-7+/t19-/m1/s1. The van der Waals surface area contributed by atoms with Crippen LogP contribution in [0, 0.1) is 0 Å². The highest BCUT2D eigenvalue weighted by molar-refractivity contribution is 5.90. The largest absolute Gasteiger partial charge is 0.383 e. The molecule has 1 aromatic heterocycles. The molecule has 9 heteroatoms. The lowest BCUT2D eigenvalue weighted by Crippen LogP contribution is -2.34. The molecule has 1 atom stereocenters. The van der Waals surface area contributed by atoms with Crippen molar-refractivity contribution in [3.63, 3.8) is 0 Å². The van der Waals surface area contributed by atoms with E-state index >= 15 is 0 Å². The summed E-state index contributed by atoms with van der Waals surface area (Å²) in [5, 5.41) is 27.9. The van der Waals surface area contributed by atoms with Crippen LogP contribution in [-0.4, -0.2) is 61.9 Å². The first-order chi connectivity index (χ1) is 15.1. The fourth-order valence-electron chi connectivity index (χ4n) is 4.27. The van der Waals surface area contributed by atoms with Gasteiger partial charge in [0.25, 0.3) is 5.91 Å². The van der Waals surface area contributed by atoms with E-state index in [1.807, 2.05) is 23.0 Å². The van der Waals surface area contributed by atoms with Crippen LogP contribution in [0.3, 0.4) is 0 Å². The summed E-state index contributed by atoms with van der Waals surface area (Å²) in [5.74, 6) is -0.552. The van der Waals surface area contributed by atoms with E-state index in [-0.39, 0.29) is 0 Å². The molecule has 2 aromatic rings. The third-order valence-corrected chi connectivity index (χ3v) is 6.14. The Morgan fingerprint density at radius 1 is 1.29 bits per heavy atom. The average Bonchev–Trinajstić information content (AvgIpc) is 3.44. The molecule has 0 saturated carbocycles. The number of hydrogen-bond donors (Lipinski definition) is 3. The Labute approximate surface area is 181 Å². The van der Waals surface area contributed by atoms with E-state index in [0.717, 1.165) is 38.0 Å². The van der Waals surface area contributed by atoms with Crippen LogP contribution in [0.4, 0.5) is 0 Å². The lowest BCUT2D eigenvalue weighted by atomic mass is 9.91. The van der Waals surface area contributed by atoms with Crippen LogP contribution in [-0.2, 0) is 28.2 Å². The van der Waals surface area contributed by atoms with Crippen LogP contribution in [0.15, 0.2) is 36.5 Å². The Hall–Kier alpha value is -2.59. The lowest BCUT2D eigenvalue weighted by Gasteiger charge is -2.29. The van der Waals surface area contributed by atoms with Crippen LogP contribution in [0.2, 0.25) is 0 Å². The lowest BCUT2D eigenvalue weighted by molar-refractivity contribution is -0.124. The van der Waals surface area contributed by atoms with Gasteiger partial charge in [-0.05, 0) is 36.6 Å². The van der Waals surface area contributed by atoms with Gasteiger partial charge >= 0.3 is 0 Å². The van der Waals surface area contributed by atoms with Crippen LogP contribution in [0.25, 0.3) is 6.08 Å². The number of nitrogens with one attached hydrogen (secondary N) is 1. The summed E-state index contributed by atoms with van der Waals surface area (Å²) >= 11 is 0. The summed E-state index contributed by atoms with van der Waals surface area (Å²) in [6.45, 7) is 3.71. The number of carbonyl (C=O) groups is 1. The molecule has 0 aliphatic carbocycles. The van der Waals surface area contributed by atoms with Gasteiger partial charge in [-0.3, -0.25) is 19.6 Å². The maximum Gasteiger partial charge on any atom is 0.267 e. The quantitative estimate of drug-likeness (QED) is 0.348. The molecule has 0 bridgehead atoms. The number of benzene rings is 1. The summed E-state index contributed by atoms with van der Waals surface area (Å²) in [7, 11) is 0. The summed E-state index contributed by atoms with van der Waals surface area (Å²) in [6.07, 6.45) is 8.17. The van der Waals surface area contributed by atoms with Gasteiger partial charge in [0.05, 0.1) is 12.7 Å². The zero-order chi connectivity index (χ0) is 21.7. The highest BCUT2D eigenvalue weighted by Crippen LogP contribution is 2.30. The van der Waals surface area contributed by atoms with Gasteiger partial charge in [0.2, 0.25) is 0 Å². The number of carbonyl (C=O) groups excluding carboxylic acids is 1. The highest BCUT2D eigenvalue weighted by atomic mass is 16.5. The van der Waals surface area contributed by atoms with Crippen LogP contribution in [0.5, 0.6) is 0 Å². The highest BCUT2D eigenvalue weighted by Gasteiger charge is 2.35. The number of hydrogen-bond acceptors (Lipinski definition) is 7. The molecule has 0 unspecified atom stereocenters. The van der Waals surface area contributed by atoms with E-state index in [1.165, 1.54) is 11.6 Å². The fraction of sp³-hybridized carbons (Fsp3) is 0.500. The third-order valence-electron chi connectivity index (χ3n) is 6.14. The maximum atomic E-state index is 11.1. The van der Waals surface area contributed by atoms with Crippen molar-refractivity contribution in [2.75, 3.05) is 19.8 Å². The predicted octanol–water partition coefficient (Wildman–Crippen LogP) is 1.46. The van der Waals surface area contributed by atoms with Crippen molar-refractivity contribution in [1.29, 1.82) is 0 Å². The minimum absolute atomic E-state index is 0.367. The molecule has 1 amide bonds. The molecular weight excluding hydrogens is 398 g/mol. The number of likely N-dealkylation sites (tertiary alicyclic amines) is 1. The molecular formula is C22H29N5O4. The second-order valence-electron chi connectivity index (χ2n) is 8.29. The predicted molar refractivity (Wildman–Crippen MR) is 113 cm³/mol. The Kier molecular flexibility index (Phi) is 6.77. The number of ether oxygens (including phenoxy) is 1. The molecule has 3 N–H and O–H groups in total. The number of rotatable bonds is 7. The van der Waals surface area contributed by atoms with Crippen LogP contribution in [0.1, 0.15) is 42.5 Å². The van der Waals surface area contributed by atoms with Gasteiger partial charge in [0.15, 0.2) is 0 Å². The SMILES string of the molecule is O=C(/C=C/c1ccc(CN2CCC[C@@H]2Cn2cc(C3(O)CCOCC3)nn2)cc1)NO. The molecule has 1 aromatic carbocycles. The van der Waals surface area contributed by atoms with Gasteiger partial charge in [-0.15, -0.1) is 5.10 Å². The first kappa shape index (κ1) is 21.6. The Bertz CT molecular complexity index is 905. The molecule has 166 valence electrons. The summed E-state index contributed by atoms with van der Waals surface area (Å²) < 4.78 is 7.21. The van der Waals surface area contributed by atoms with Gasteiger partial charge in [-0.25, -0.2) is 5.48 Å². The summed E-state index contributed by atoms with van der Waals surface area (Å²) in [5.41, 5.74) is 3.38. The normalized spacial score (nSPS) is 21.5. The fourth-order valence-corrected chi connectivity index (χ4v) is 4.27. The second-order valence-corrected chi connectivity index (χ2v) is 8.29. The first-order valence-electron chi connectivity index (χ1n) is 10.7.